The Bertz CT molecular complexity index is 633. The quantitative estimate of drug-likeness (QED) is 0.513. The number of rotatable bonds is 11. The zero-order valence-electron chi connectivity index (χ0n) is 13.4. The third-order valence-electron chi connectivity index (χ3n) is 3.12. The Balaban J connectivity index is 2.54. The smallest absolute Gasteiger partial charge is 0.246 e. The van der Waals surface area contributed by atoms with Crippen LogP contribution >= 0.6 is 0 Å². The number of ether oxygens (including phenoxy) is 2. The van der Waals surface area contributed by atoms with E-state index in [0.717, 1.165) is 0 Å². The minimum Gasteiger partial charge on any atom is -0.382 e. The summed E-state index contributed by atoms with van der Waals surface area (Å²) in [6.45, 7) is 0.300. The van der Waals surface area contributed by atoms with Gasteiger partial charge in [-0.25, -0.2) is 8.42 Å². The van der Waals surface area contributed by atoms with Gasteiger partial charge in [-0.3, -0.25) is 9.59 Å². The van der Waals surface area contributed by atoms with Gasteiger partial charge in [0, 0.05) is 7.11 Å². The second-order valence-corrected chi connectivity index (χ2v) is 7.10. The molecule has 0 saturated carbocycles. The number of nitrogens with two attached hydrogens (primary N) is 1. The third kappa shape index (κ3) is 7.07. The number of methoxy groups -OCH3 is 1. The first kappa shape index (κ1) is 20.1. The average molecular weight is 358 g/mol. The summed E-state index contributed by atoms with van der Waals surface area (Å²) < 4.78 is 34.2. The second-order valence-electron chi connectivity index (χ2n) is 4.99. The summed E-state index contributed by atoms with van der Waals surface area (Å²) in [7, 11) is -2.06. The molecule has 3 N–H and O–H groups in total. The molecule has 2 amide bonds. The number of hydrogen-bond donors (Lipinski definition) is 2. The molecule has 1 rings (SSSR count). The SMILES string of the molecule is COCCOCC(=O)N[C@H](CCS(=O)(=O)c1ccccc1)C(N)=O. The first-order chi connectivity index (χ1) is 11.4. The van der Waals surface area contributed by atoms with Crippen molar-refractivity contribution >= 4 is 21.7 Å². The van der Waals surface area contributed by atoms with Crippen LogP contribution in [0.1, 0.15) is 6.42 Å². The van der Waals surface area contributed by atoms with E-state index >= 15 is 0 Å². The van der Waals surface area contributed by atoms with Crippen LogP contribution in [0.3, 0.4) is 0 Å². The van der Waals surface area contributed by atoms with Crippen molar-refractivity contribution in [3.05, 3.63) is 30.3 Å². The summed E-state index contributed by atoms with van der Waals surface area (Å²) in [5.41, 5.74) is 5.22. The van der Waals surface area contributed by atoms with E-state index in [1.165, 1.54) is 19.2 Å². The number of benzene rings is 1. The molecule has 134 valence electrons. The van der Waals surface area contributed by atoms with Crippen LogP contribution < -0.4 is 11.1 Å². The molecule has 0 aliphatic rings. The van der Waals surface area contributed by atoms with Gasteiger partial charge in [0.15, 0.2) is 9.84 Å². The van der Waals surface area contributed by atoms with E-state index in [0.29, 0.717) is 6.61 Å². The molecule has 1 aromatic rings. The number of carbonyl (C=O) groups is 2. The first-order valence-corrected chi connectivity index (χ1v) is 8.95. The molecule has 0 heterocycles. The van der Waals surface area contributed by atoms with E-state index in [-0.39, 0.29) is 30.3 Å². The van der Waals surface area contributed by atoms with E-state index in [9.17, 15) is 18.0 Å². The second kappa shape index (κ2) is 10.0. The fraction of sp³-hybridized carbons (Fsp3) is 0.467. The lowest BCUT2D eigenvalue weighted by atomic mass is 10.2. The lowest BCUT2D eigenvalue weighted by molar-refractivity contribution is -0.130. The highest BCUT2D eigenvalue weighted by molar-refractivity contribution is 7.91. The maximum atomic E-state index is 12.2. The highest BCUT2D eigenvalue weighted by Gasteiger charge is 2.22. The predicted molar refractivity (Wildman–Crippen MR) is 86.9 cm³/mol. The van der Waals surface area contributed by atoms with Gasteiger partial charge in [0.25, 0.3) is 0 Å². The number of hydrogen-bond acceptors (Lipinski definition) is 6. The molecule has 0 bridgehead atoms. The van der Waals surface area contributed by atoms with Crippen molar-refractivity contribution in [2.75, 3.05) is 32.7 Å². The van der Waals surface area contributed by atoms with Gasteiger partial charge in [-0.15, -0.1) is 0 Å². The number of amides is 2. The molecule has 0 aliphatic heterocycles. The van der Waals surface area contributed by atoms with Crippen LogP contribution in [0, 0.1) is 0 Å². The van der Waals surface area contributed by atoms with Crippen LogP contribution in [0.5, 0.6) is 0 Å². The lowest BCUT2D eigenvalue weighted by Gasteiger charge is -2.15. The number of sulfone groups is 1. The Hall–Kier alpha value is -1.97. The molecule has 24 heavy (non-hydrogen) atoms. The van der Waals surface area contributed by atoms with Gasteiger partial charge >= 0.3 is 0 Å². The third-order valence-corrected chi connectivity index (χ3v) is 4.88. The molecule has 0 aliphatic carbocycles. The Morgan fingerprint density at radius 1 is 1.21 bits per heavy atom. The summed E-state index contributed by atoms with van der Waals surface area (Å²) in [5.74, 6) is -1.66. The molecule has 0 spiro atoms. The van der Waals surface area contributed by atoms with Gasteiger partial charge in [-0.1, -0.05) is 18.2 Å². The number of carbonyl (C=O) groups excluding carboxylic acids is 2. The summed E-state index contributed by atoms with van der Waals surface area (Å²) >= 11 is 0. The van der Waals surface area contributed by atoms with E-state index in [2.05, 4.69) is 5.32 Å². The molecular formula is C15H22N2O6S. The average Bonchev–Trinajstić information content (AvgIpc) is 2.56. The van der Waals surface area contributed by atoms with Crippen LogP contribution in [0.15, 0.2) is 35.2 Å². The maximum Gasteiger partial charge on any atom is 0.246 e. The van der Waals surface area contributed by atoms with Gasteiger partial charge in [-0.05, 0) is 18.6 Å². The highest BCUT2D eigenvalue weighted by atomic mass is 32.2. The van der Waals surface area contributed by atoms with Gasteiger partial charge in [0.2, 0.25) is 11.8 Å². The van der Waals surface area contributed by atoms with E-state index < -0.39 is 27.7 Å². The fourth-order valence-corrected chi connectivity index (χ4v) is 3.20. The summed E-state index contributed by atoms with van der Waals surface area (Å²) in [6.07, 6.45) is -0.115. The standard InChI is InChI=1S/C15H22N2O6S/c1-22-8-9-23-11-14(18)17-13(15(16)19)7-10-24(20,21)12-5-3-2-4-6-12/h2-6,13H,7-11H2,1H3,(H2,16,19)(H,17,18)/t13-/m1/s1. The Kier molecular flexibility index (Phi) is 8.37. The van der Waals surface area contributed by atoms with Crippen LogP contribution in [0.4, 0.5) is 0 Å². The van der Waals surface area contributed by atoms with E-state index in [4.69, 9.17) is 15.2 Å². The molecule has 8 nitrogen and oxygen atoms in total. The maximum absolute atomic E-state index is 12.2. The van der Waals surface area contributed by atoms with Crippen molar-refractivity contribution < 1.29 is 27.5 Å². The Morgan fingerprint density at radius 3 is 2.46 bits per heavy atom. The molecular weight excluding hydrogens is 336 g/mol. The van der Waals surface area contributed by atoms with Gasteiger partial charge < -0.3 is 20.5 Å². The van der Waals surface area contributed by atoms with Crippen molar-refractivity contribution in [2.45, 2.75) is 17.4 Å². The molecule has 0 saturated heterocycles. The molecule has 1 aromatic carbocycles. The summed E-state index contributed by atoms with van der Waals surface area (Å²) in [5, 5.41) is 2.37. The van der Waals surface area contributed by atoms with Crippen molar-refractivity contribution in [1.29, 1.82) is 0 Å². The van der Waals surface area contributed by atoms with Gasteiger partial charge in [0.1, 0.15) is 12.6 Å². The van der Waals surface area contributed by atoms with Gasteiger partial charge in [0.05, 0.1) is 23.9 Å². The van der Waals surface area contributed by atoms with E-state index in [1.807, 2.05) is 0 Å². The topological polar surface area (TPSA) is 125 Å². The molecule has 9 heteroatoms. The monoisotopic (exact) mass is 358 g/mol. The normalized spacial score (nSPS) is 12.5. The minimum absolute atomic E-state index is 0.115. The molecule has 0 unspecified atom stereocenters. The summed E-state index contributed by atoms with van der Waals surface area (Å²) in [6, 6.07) is 6.78. The Labute approximate surface area is 141 Å². The van der Waals surface area contributed by atoms with Crippen LogP contribution in [0.25, 0.3) is 0 Å². The predicted octanol–water partition coefficient (Wildman–Crippen LogP) is -0.516. The Morgan fingerprint density at radius 2 is 1.88 bits per heavy atom. The number of nitrogens with one attached hydrogen (secondary N) is 1. The molecule has 0 aromatic heterocycles. The molecule has 0 radical (unpaired) electrons. The minimum atomic E-state index is -3.56. The van der Waals surface area contributed by atoms with E-state index in [1.54, 1.807) is 18.2 Å². The van der Waals surface area contributed by atoms with Crippen LogP contribution in [-0.4, -0.2) is 59.0 Å². The largest absolute Gasteiger partial charge is 0.382 e. The first-order valence-electron chi connectivity index (χ1n) is 7.30. The van der Waals surface area contributed by atoms with Crippen molar-refractivity contribution in [2.24, 2.45) is 5.73 Å². The lowest BCUT2D eigenvalue weighted by Crippen LogP contribution is -2.46. The van der Waals surface area contributed by atoms with Gasteiger partial charge in [-0.2, -0.15) is 0 Å². The van der Waals surface area contributed by atoms with Crippen molar-refractivity contribution in [1.82, 2.24) is 5.32 Å². The van der Waals surface area contributed by atoms with Crippen molar-refractivity contribution in [3.63, 3.8) is 0 Å². The number of primary amides is 1. The fourth-order valence-electron chi connectivity index (χ4n) is 1.85. The summed E-state index contributed by atoms with van der Waals surface area (Å²) in [4.78, 5) is 23.3. The molecule has 0 fully saturated rings. The van der Waals surface area contributed by atoms with Crippen LogP contribution in [-0.2, 0) is 28.9 Å². The highest BCUT2D eigenvalue weighted by Crippen LogP contribution is 2.12. The zero-order valence-corrected chi connectivity index (χ0v) is 14.3. The van der Waals surface area contributed by atoms with Crippen LogP contribution in [0.2, 0.25) is 0 Å². The zero-order chi connectivity index (χ0) is 18.0. The molecule has 1 atom stereocenters. The van der Waals surface area contributed by atoms with Crippen molar-refractivity contribution in [3.8, 4) is 0 Å².